The van der Waals surface area contributed by atoms with Gasteiger partial charge in [0.15, 0.2) is 17.0 Å². The number of fused-ring (bicyclic) bond motifs is 1. The molecule has 0 aliphatic carbocycles. The third-order valence-corrected chi connectivity index (χ3v) is 4.47. The second-order valence-corrected chi connectivity index (χ2v) is 6.66. The Balaban J connectivity index is 1.69. The second-order valence-electron chi connectivity index (χ2n) is 6.66. The van der Waals surface area contributed by atoms with Gasteiger partial charge in [-0.2, -0.15) is 23.1 Å². The van der Waals surface area contributed by atoms with Gasteiger partial charge in [-0.1, -0.05) is 30.3 Å². The van der Waals surface area contributed by atoms with Crippen LogP contribution >= 0.6 is 0 Å². The topological polar surface area (TPSA) is 67.7 Å². The molecular formula is C21H19F3N6. The third kappa shape index (κ3) is 4.19. The van der Waals surface area contributed by atoms with Gasteiger partial charge in [0.05, 0.1) is 18.4 Å². The average molecular weight is 412 g/mol. The van der Waals surface area contributed by atoms with Gasteiger partial charge in [0.25, 0.3) is 0 Å². The van der Waals surface area contributed by atoms with Crippen LogP contribution < -0.4 is 10.6 Å². The van der Waals surface area contributed by atoms with Gasteiger partial charge in [0, 0.05) is 12.2 Å². The molecular weight excluding hydrogens is 393 g/mol. The van der Waals surface area contributed by atoms with Gasteiger partial charge in [-0.25, -0.2) is 4.98 Å². The Morgan fingerprint density at radius 3 is 2.37 bits per heavy atom. The average Bonchev–Trinajstić information content (AvgIpc) is 3.12. The molecule has 2 aromatic carbocycles. The fourth-order valence-electron chi connectivity index (χ4n) is 3.04. The predicted octanol–water partition coefficient (Wildman–Crippen LogP) is 5.07. The maximum atomic E-state index is 12.8. The van der Waals surface area contributed by atoms with Crippen molar-refractivity contribution in [2.75, 3.05) is 17.2 Å². The highest BCUT2D eigenvalue weighted by Crippen LogP contribution is 2.29. The highest BCUT2D eigenvalue weighted by atomic mass is 19.4. The maximum absolute atomic E-state index is 12.8. The van der Waals surface area contributed by atoms with E-state index in [2.05, 4.69) is 25.6 Å². The molecule has 4 aromatic rings. The van der Waals surface area contributed by atoms with Crippen molar-refractivity contribution < 1.29 is 13.2 Å². The summed E-state index contributed by atoms with van der Waals surface area (Å²) in [4.78, 5) is 13.5. The standard InChI is InChI=1S/C21H19F3N6/c1-2-25-20-28-18(27-16-6-4-3-5-7-16)17-19(29-20)30(13-26-17)12-14-8-10-15(11-9-14)21(22,23)24/h3-11,13H,2,12H2,1H3,(H2,25,27,28,29). The number of nitrogens with one attached hydrogen (secondary N) is 2. The molecule has 0 saturated carbocycles. The van der Waals surface area contributed by atoms with Crippen molar-refractivity contribution in [2.24, 2.45) is 0 Å². The molecule has 0 spiro atoms. The normalized spacial score (nSPS) is 11.6. The van der Waals surface area contributed by atoms with Crippen molar-refractivity contribution in [3.8, 4) is 0 Å². The minimum absolute atomic E-state index is 0.335. The lowest BCUT2D eigenvalue weighted by atomic mass is 10.1. The fourth-order valence-corrected chi connectivity index (χ4v) is 3.04. The van der Waals surface area contributed by atoms with Crippen LogP contribution in [0.25, 0.3) is 11.2 Å². The van der Waals surface area contributed by atoms with Crippen LogP contribution in [0.3, 0.4) is 0 Å². The summed E-state index contributed by atoms with van der Waals surface area (Å²) in [6, 6.07) is 14.7. The molecule has 0 aliphatic rings. The van der Waals surface area contributed by atoms with Crippen LogP contribution in [0.5, 0.6) is 0 Å². The van der Waals surface area contributed by atoms with Gasteiger partial charge in [-0.3, -0.25) is 0 Å². The van der Waals surface area contributed by atoms with Gasteiger partial charge >= 0.3 is 6.18 Å². The van der Waals surface area contributed by atoms with Crippen molar-refractivity contribution in [3.05, 3.63) is 72.1 Å². The minimum atomic E-state index is -4.35. The Labute approximate surface area is 170 Å². The number of rotatable bonds is 6. The number of hydrogen-bond acceptors (Lipinski definition) is 5. The van der Waals surface area contributed by atoms with Crippen LogP contribution in [0.4, 0.5) is 30.6 Å². The number of aromatic nitrogens is 4. The molecule has 0 fully saturated rings. The first-order valence-electron chi connectivity index (χ1n) is 9.39. The minimum Gasteiger partial charge on any atom is -0.354 e. The molecule has 2 aromatic heterocycles. The zero-order valence-electron chi connectivity index (χ0n) is 16.1. The molecule has 30 heavy (non-hydrogen) atoms. The van der Waals surface area contributed by atoms with Crippen LogP contribution in [0, 0.1) is 0 Å². The second kappa shape index (κ2) is 8.02. The number of alkyl halides is 3. The lowest BCUT2D eigenvalue weighted by molar-refractivity contribution is -0.137. The van der Waals surface area contributed by atoms with Crippen molar-refractivity contribution in [1.29, 1.82) is 0 Å². The molecule has 2 N–H and O–H groups in total. The zero-order valence-corrected chi connectivity index (χ0v) is 16.1. The number of nitrogens with zero attached hydrogens (tertiary/aromatic N) is 4. The fraction of sp³-hybridized carbons (Fsp3) is 0.190. The van der Waals surface area contributed by atoms with Crippen LogP contribution in [0.1, 0.15) is 18.1 Å². The van der Waals surface area contributed by atoms with Crippen molar-refractivity contribution in [1.82, 2.24) is 19.5 Å². The summed E-state index contributed by atoms with van der Waals surface area (Å²) in [6.07, 6.45) is -2.74. The molecule has 2 heterocycles. The molecule has 9 heteroatoms. The molecule has 4 rings (SSSR count). The number of anilines is 3. The van der Waals surface area contributed by atoms with Gasteiger partial charge in [0.2, 0.25) is 5.95 Å². The number of para-hydroxylation sites is 1. The number of imidazole rings is 1. The Morgan fingerprint density at radius 1 is 0.967 bits per heavy atom. The van der Waals surface area contributed by atoms with E-state index in [-0.39, 0.29) is 0 Å². The van der Waals surface area contributed by atoms with Gasteiger partial charge in [-0.15, -0.1) is 0 Å². The molecule has 154 valence electrons. The lowest BCUT2D eigenvalue weighted by Gasteiger charge is -2.11. The highest BCUT2D eigenvalue weighted by Gasteiger charge is 2.29. The molecule has 0 aliphatic heterocycles. The van der Waals surface area contributed by atoms with Crippen LogP contribution in [-0.4, -0.2) is 26.1 Å². The molecule has 0 saturated heterocycles. The van der Waals surface area contributed by atoms with E-state index in [9.17, 15) is 13.2 Å². The summed E-state index contributed by atoms with van der Waals surface area (Å²) in [5.74, 6) is 0.992. The van der Waals surface area contributed by atoms with E-state index in [0.717, 1.165) is 17.8 Å². The molecule has 0 atom stereocenters. The Bertz CT molecular complexity index is 1140. The largest absolute Gasteiger partial charge is 0.416 e. The Kier molecular flexibility index (Phi) is 5.26. The zero-order chi connectivity index (χ0) is 21.1. The number of benzene rings is 2. The van der Waals surface area contributed by atoms with Gasteiger partial charge in [-0.05, 0) is 36.8 Å². The van der Waals surface area contributed by atoms with Crippen molar-refractivity contribution in [2.45, 2.75) is 19.6 Å². The van der Waals surface area contributed by atoms with Gasteiger partial charge < -0.3 is 15.2 Å². The first-order chi connectivity index (χ1) is 14.4. The quantitative estimate of drug-likeness (QED) is 0.463. The van der Waals surface area contributed by atoms with E-state index < -0.39 is 11.7 Å². The smallest absolute Gasteiger partial charge is 0.354 e. The van der Waals surface area contributed by atoms with E-state index in [1.165, 1.54) is 12.1 Å². The number of hydrogen-bond donors (Lipinski definition) is 2. The monoisotopic (exact) mass is 412 g/mol. The predicted molar refractivity (Wildman–Crippen MR) is 110 cm³/mol. The molecule has 0 bridgehead atoms. The molecule has 0 radical (unpaired) electrons. The molecule has 6 nitrogen and oxygen atoms in total. The molecule has 0 amide bonds. The van der Waals surface area contributed by atoms with E-state index >= 15 is 0 Å². The summed E-state index contributed by atoms with van der Waals surface area (Å²) in [5, 5.41) is 6.36. The third-order valence-electron chi connectivity index (χ3n) is 4.47. The Morgan fingerprint density at radius 2 is 1.70 bits per heavy atom. The summed E-state index contributed by atoms with van der Waals surface area (Å²) >= 11 is 0. The van der Waals surface area contributed by atoms with Crippen LogP contribution in [0.2, 0.25) is 0 Å². The molecule has 0 unspecified atom stereocenters. The summed E-state index contributed by atoms with van der Waals surface area (Å²) in [5.41, 5.74) is 2.06. The maximum Gasteiger partial charge on any atom is 0.416 e. The Hall–Kier alpha value is -3.62. The lowest BCUT2D eigenvalue weighted by Crippen LogP contribution is -2.08. The highest BCUT2D eigenvalue weighted by molar-refractivity contribution is 5.86. The van der Waals surface area contributed by atoms with Gasteiger partial charge in [0.1, 0.15) is 0 Å². The van der Waals surface area contributed by atoms with Crippen molar-refractivity contribution >= 4 is 28.6 Å². The van der Waals surface area contributed by atoms with E-state index in [0.29, 0.717) is 41.6 Å². The summed E-state index contributed by atoms with van der Waals surface area (Å²) < 4.78 is 40.2. The first-order valence-corrected chi connectivity index (χ1v) is 9.39. The van der Waals surface area contributed by atoms with E-state index in [1.807, 2.05) is 37.3 Å². The van der Waals surface area contributed by atoms with Crippen LogP contribution in [-0.2, 0) is 12.7 Å². The summed E-state index contributed by atoms with van der Waals surface area (Å²) in [7, 11) is 0. The number of halogens is 3. The summed E-state index contributed by atoms with van der Waals surface area (Å²) in [6.45, 7) is 2.92. The van der Waals surface area contributed by atoms with E-state index in [1.54, 1.807) is 10.9 Å². The van der Waals surface area contributed by atoms with Crippen LogP contribution in [0.15, 0.2) is 60.9 Å². The van der Waals surface area contributed by atoms with E-state index in [4.69, 9.17) is 0 Å². The first kappa shape index (κ1) is 19.7. The van der Waals surface area contributed by atoms with Crippen molar-refractivity contribution in [3.63, 3.8) is 0 Å². The SMILES string of the molecule is CCNc1nc(Nc2ccccc2)c2ncn(Cc3ccc(C(F)(F)F)cc3)c2n1.